The Hall–Kier alpha value is -2.42. The van der Waals surface area contributed by atoms with Crippen LogP contribution in [0.4, 0.5) is 5.69 Å². The molecule has 8 nitrogen and oxygen atoms in total. The number of sulfonamides is 1. The molecule has 1 aromatic carbocycles. The molecule has 2 heterocycles. The molecule has 2 N–H and O–H groups in total. The molecule has 0 aliphatic carbocycles. The highest BCUT2D eigenvalue weighted by atomic mass is 32.2. The second-order valence-electron chi connectivity index (χ2n) is 6.62. The van der Waals surface area contributed by atoms with Gasteiger partial charge in [-0.05, 0) is 38.8 Å². The summed E-state index contributed by atoms with van der Waals surface area (Å²) < 4.78 is 28.7. The first-order chi connectivity index (χ1) is 11.2. The molecular weight excluding hydrogens is 330 g/mol. The van der Waals surface area contributed by atoms with Crippen LogP contribution in [0.2, 0.25) is 0 Å². The van der Waals surface area contributed by atoms with Crippen molar-refractivity contribution < 1.29 is 13.2 Å². The van der Waals surface area contributed by atoms with Crippen molar-refractivity contribution in [2.75, 3.05) is 11.9 Å². The van der Waals surface area contributed by atoms with Crippen LogP contribution in [-0.2, 0) is 22.0 Å². The highest BCUT2D eigenvalue weighted by Crippen LogP contribution is 2.29. The van der Waals surface area contributed by atoms with E-state index in [1.807, 2.05) is 26.8 Å². The molecule has 0 fully saturated rings. The summed E-state index contributed by atoms with van der Waals surface area (Å²) in [6, 6.07) is 5.00. The maximum Gasteiger partial charge on any atom is 0.287 e. The van der Waals surface area contributed by atoms with Crippen LogP contribution in [-0.4, -0.2) is 35.9 Å². The number of carbonyl (C=O) groups is 1. The van der Waals surface area contributed by atoms with Crippen molar-refractivity contribution >= 4 is 21.6 Å². The summed E-state index contributed by atoms with van der Waals surface area (Å²) in [5.74, 6) is -0.805. The van der Waals surface area contributed by atoms with E-state index in [-0.39, 0.29) is 16.1 Å². The van der Waals surface area contributed by atoms with Crippen molar-refractivity contribution in [2.45, 2.75) is 37.6 Å². The molecule has 0 radical (unpaired) electrons. The van der Waals surface area contributed by atoms with E-state index in [9.17, 15) is 13.2 Å². The van der Waals surface area contributed by atoms with E-state index in [0.717, 1.165) is 12.0 Å². The number of amides is 1. The monoisotopic (exact) mass is 349 g/mol. The topological polar surface area (TPSA) is 106 Å². The van der Waals surface area contributed by atoms with Gasteiger partial charge < -0.3 is 5.32 Å². The molecule has 24 heavy (non-hydrogen) atoms. The smallest absolute Gasteiger partial charge is 0.287 e. The van der Waals surface area contributed by atoms with Crippen molar-refractivity contribution in [1.82, 2.24) is 19.7 Å². The number of aromatic nitrogens is 3. The van der Waals surface area contributed by atoms with Gasteiger partial charge in [-0.25, -0.2) is 17.8 Å². The number of fused-ring (bicyclic) bond motifs is 1. The van der Waals surface area contributed by atoms with Crippen LogP contribution in [0.1, 0.15) is 36.8 Å². The summed E-state index contributed by atoms with van der Waals surface area (Å²) in [6.45, 7) is 6.38. The average Bonchev–Trinajstić information content (AvgIpc) is 3.14. The van der Waals surface area contributed by atoms with Crippen LogP contribution < -0.4 is 10.0 Å². The lowest BCUT2D eigenvalue weighted by atomic mass is 10.1. The minimum Gasteiger partial charge on any atom is -0.383 e. The van der Waals surface area contributed by atoms with E-state index >= 15 is 0 Å². The number of hydrogen-bond donors (Lipinski definition) is 2. The fraction of sp³-hybridized carbons (Fsp3) is 0.400. The Labute approximate surface area is 140 Å². The van der Waals surface area contributed by atoms with Crippen molar-refractivity contribution in [3.05, 3.63) is 35.7 Å². The first-order valence-electron chi connectivity index (χ1n) is 7.54. The number of hydrogen-bond acceptors (Lipinski definition) is 6. The number of nitrogens with one attached hydrogen (secondary N) is 2. The third kappa shape index (κ3) is 2.99. The summed E-state index contributed by atoms with van der Waals surface area (Å²) >= 11 is 0. The summed E-state index contributed by atoms with van der Waals surface area (Å²) in [5, 5.41) is 10.7. The van der Waals surface area contributed by atoms with Crippen LogP contribution >= 0.6 is 0 Å². The third-order valence-corrected chi connectivity index (χ3v) is 5.11. The lowest BCUT2D eigenvalue weighted by molar-refractivity contribution is 0.0976. The Kier molecular flexibility index (Phi) is 3.83. The number of para-hydroxylation sites is 1. The standard InChI is InChI=1S/C15H19N5O3S/c1-15(2,3)20-9-11(17-19-20)14(21)18-24(22,23)12-6-4-5-10-7-8-16-13(10)12/h4-6,9,16H,7-8H2,1-3H3,(H,18,21). The average molecular weight is 349 g/mol. The summed E-state index contributed by atoms with van der Waals surface area (Å²) in [6.07, 6.45) is 2.19. The van der Waals surface area contributed by atoms with Gasteiger partial charge in [-0.1, -0.05) is 17.3 Å². The number of anilines is 1. The van der Waals surface area contributed by atoms with Crippen LogP contribution in [0.3, 0.4) is 0 Å². The second kappa shape index (κ2) is 5.59. The summed E-state index contributed by atoms with van der Waals surface area (Å²) in [5.41, 5.74) is 1.07. The van der Waals surface area contributed by atoms with Crippen LogP contribution in [0, 0.1) is 0 Å². The Morgan fingerprint density at radius 3 is 2.75 bits per heavy atom. The van der Waals surface area contributed by atoms with E-state index in [1.54, 1.807) is 6.07 Å². The normalized spacial score (nSPS) is 14.1. The Bertz CT molecular complexity index is 896. The third-order valence-electron chi connectivity index (χ3n) is 3.74. The largest absolute Gasteiger partial charge is 0.383 e. The number of rotatable bonds is 3. The molecule has 9 heteroatoms. The molecule has 0 spiro atoms. The molecule has 0 atom stereocenters. The molecule has 1 aromatic heterocycles. The van der Waals surface area contributed by atoms with Gasteiger partial charge in [0.15, 0.2) is 5.69 Å². The summed E-state index contributed by atoms with van der Waals surface area (Å²) in [4.78, 5) is 12.3. The molecule has 3 rings (SSSR count). The van der Waals surface area contributed by atoms with Gasteiger partial charge in [0.25, 0.3) is 15.9 Å². The quantitative estimate of drug-likeness (QED) is 0.860. The molecular formula is C15H19N5O3S. The maximum atomic E-state index is 12.6. The van der Waals surface area contributed by atoms with Gasteiger partial charge in [-0.15, -0.1) is 5.10 Å². The first kappa shape index (κ1) is 16.4. The van der Waals surface area contributed by atoms with Crippen molar-refractivity contribution in [1.29, 1.82) is 0 Å². The number of benzene rings is 1. The maximum absolute atomic E-state index is 12.6. The van der Waals surface area contributed by atoms with E-state index in [4.69, 9.17) is 0 Å². The van der Waals surface area contributed by atoms with Gasteiger partial charge in [-0.3, -0.25) is 4.79 Å². The van der Waals surface area contributed by atoms with Crippen LogP contribution in [0.5, 0.6) is 0 Å². The van der Waals surface area contributed by atoms with Crippen LogP contribution in [0.15, 0.2) is 29.3 Å². The van der Waals surface area contributed by atoms with Crippen molar-refractivity contribution in [3.63, 3.8) is 0 Å². The fourth-order valence-corrected chi connectivity index (χ4v) is 3.64. The molecule has 0 bridgehead atoms. The first-order valence-corrected chi connectivity index (χ1v) is 9.02. The second-order valence-corrected chi connectivity index (χ2v) is 8.27. The molecule has 2 aromatic rings. The van der Waals surface area contributed by atoms with Crippen LogP contribution in [0.25, 0.3) is 0 Å². The van der Waals surface area contributed by atoms with Gasteiger partial charge in [-0.2, -0.15) is 0 Å². The van der Waals surface area contributed by atoms with Gasteiger partial charge in [0.05, 0.1) is 17.4 Å². The van der Waals surface area contributed by atoms with Gasteiger partial charge in [0, 0.05) is 6.54 Å². The lowest BCUT2D eigenvalue weighted by Gasteiger charge is -2.17. The van der Waals surface area contributed by atoms with Crippen molar-refractivity contribution in [2.24, 2.45) is 0 Å². The molecule has 1 aliphatic heterocycles. The Morgan fingerprint density at radius 1 is 1.33 bits per heavy atom. The van der Waals surface area contributed by atoms with E-state index in [2.05, 4.69) is 20.4 Å². The zero-order chi connectivity index (χ0) is 17.5. The van der Waals surface area contributed by atoms with E-state index < -0.39 is 15.9 Å². The molecule has 0 saturated heterocycles. The predicted molar refractivity (Wildman–Crippen MR) is 88.3 cm³/mol. The SMILES string of the molecule is CC(C)(C)n1cc(C(=O)NS(=O)(=O)c2cccc3c2NCC3)nn1. The number of carbonyl (C=O) groups excluding carboxylic acids is 1. The highest BCUT2D eigenvalue weighted by molar-refractivity contribution is 7.90. The fourth-order valence-electron chi connectivity index (χ4n) is 2.46. The minimum absolute atomic E-state index is 0.0472. The zero-order valence-electron chi connectivity index (χ0n) is 13.7. The Morgan fingerprint density at radius 2 is 2.08 bits per heavy atom. The molecule has 0 saturated carbocycles. The predicted octanol–water partition coefficient (Wildman–Crippen LogP) is 1.12. The molecule has 1 aliphatic rings. The number of nitrogens with zero attached hydrogens (tertiary/aromatic N) is 3. The van der Waals surface area contributed by atoms with Crippen molar-refractivity contribution in [3.8, 4) is 0 Å². The van der Waals surface area contributed by atoms with Gasteiger partial charge >= 0.3 is 0 Å². The molecule has 0 unspecified atom stereocenters. The zero-order valence-corrected chi connectivity index (χ0v) is 14.5. The van der Waals surface area contributed by atoms with Gasteiger partial charge in [0.2, 0.25) is 0 Å². The van der Waals surface area contributed by atoms with Gasteiger partial charge in [0.1, 0.15) is 4.90 Å². The molecule has 1 amide bonds. The lowest BCUT2D eigenvalue weighted by Crippen LogP contribution is -2.31. The van der Waals surface area contributed by atoms with E-state index in [1.165, 1.54) is 16.9 Å². The van der Waals surface area contributed by atoms with E-state index in [0.29, 0.717) is 12.2 Å². The Balaban J connectivity index is 1.86. The minimum atomic E-state index is -4.00. The molecule has 128 valence electrons. The highest BCUT2D eigenvalue weighted by Gasteiger charge is 2.27. The summed E-state index contributed by atoms with van der Waals surface area (Å²) in [7, 11) is -4.00.